The molecule has 5 nitrogen and oxygen atoms in total. The SMILES string of the molecule is CC(C)CCNS(=O)(=O)c1cc(C(=O)NC2CCc3cc(Br)ccc32)ccc1Cl. The first kappa shape index (κ1) is 22.3. The van der Waals surface area contributed by atoms with E-state index in [0.29, 0.717) is 18.9 Å². The van der Waals surface area contributed by atoms with Crippen molar-refractivity contribution < 1.29 is 13.2 Å². The average molecular weight is 500 g/mol. The maximum Gasteiger partial charge on any atom is 0.251 e. The van der Waals surface area contributed by atoms with E-state index in [2.05, 4.69) is 32.0 Å². The van der Waals surface area contributed by atoms with Crippen LogP contribution in [-0.4, -0.2) is 20.9 Å². The topological polar surface area (TPSA) is 75.3 Å². The summed E-state index contributed by atoms with van der Waals surface area (Å²) >= 11 is 9.59. The first-order valence-corrected chi connectivity index (χ1v) is 12.2. The van der Waals surface area contributed by atoms with E-state index in [4.69, 9.17) is 11.6 Å². The Morgan fingerprint density at radius 2 is 2.00 bits per heavy atom. The van der Waals surface area contributed by atoms with Crippen LogP contribution in [0.2, 0.25) is 5.02 Å². The lowest BCUT2D eigenvalue weighted by molar-refractivity contribution is 0.0936. The summed E-state index contributed by atoms with van der Waals surface area (Å²) in [5.41, 5.74) is 2.57. The highest BCUT2D eigenvalue weighted by atomic mass is 79.9. The van der Waals surface area contributed by atoms with Gasteiger partial charge >= 0.3 is 0 Å². The van der Waals surface area contributed by atoms with E-state index in [1.165, 1.54) is 17.7 Å². The molecule has 2 aromatic rings. The molecule has 0 radical (unpaired) electrons. The smallest absolute Gasteiger partial charge is 0.251 e. The third-order valence-electron chi connectivity index (χ3n) is 4.98. The van der Waals surface area contributed by atoms with Crippen molar-refractivity contribution in [3.63, 3.8) is 0 Å². The van der Waals surface area contributed by atoms with E-state index in [9.17, 15) is 13.2 Å². The molecule has 0 saturated carbocycles. The van der Waals surface area contributed by atoms with Crippen molar-refractivity contribution >= 4 is 43.5 Å². The number of fused-ring (bicyclic) bond motifs is 1. The molecule has 0 heterocycles. The van der Waals surface area contributed by atoms with Crippen LogP contribution < -0.4 is 10.0 Å². The van der Waals surface area contributed by atoms with Crippen molar-refractivity contribution in [2.45, 2.75) is 44.0 Å². The van der Waals surface area contributed by atoms with Gasteiger partial charge in [0.05, 0.1) is 11.1 Å². The predicted octanol–water partition coefficient (Wildman–Crippen LogP) is 4.84. The summed E-state index contributed by atoms with van der Waals surface area (Å²) in [4.78, 5) is 12.7. The van der Waals surface area contributed by atoms with Crippen LogP contribution >= 0.6 is 27.5 Å². The fourth-order valence-electron chi connectivity index (χ4n) is 3.39. The zero-order valence-electron chi connectivity index (χ0n) is 16.3. The predicted molar refractivity (Wildman–Crippen MR) is 119 cm³/mol. The molecule has 2 aromatic carbocycles. The molecule has 0 aromatic heterocycles. The van der Waals surface area contributed by atoms with Gasteiger partial charge < -0.3 is 5.32 Å². The van der Waals surface area contributed by atoms with Gasteiger partial charge in [0, 0.05) is 16.6 Å². The Bertz CT molecular complexity index is 1020. The van der Waals surface area contributed by atoms with Crippen molar-refractivity contribution in [3.8, 4) is 0 Å². The number of amides is 1. The minimum Gasteiger partial charge on any atom is -0.345 e. The van der Waals surface area contributed by atoms with Crippen molar-refractivity contribution in [2.75, 3.05) is 6.54 Å². The summed E-state index contributed by atoms with van der Waals surface area (Å²) in [5, 5.41) is 3.11. The maximum absolute atomic E-state index is 12.8. The molecule has 0 saturated heterocycles. The summed E-state index contributed by atoms with van der Waals surface area (Å²) in [6.07, 6.45) is 2.42. The lowest BCUT2D eigenvalue weighted by Crippen LogP contribution is -2.28. The Labute approximate surface area is 185 Å². The van der Waals surface area contributed by atoms with E-state index in [1.54, 1.807) is 6.07 Å². The fraction of sp³-hybridized carbons (Fsp3) is 0.381. The largest absolute Gasteiger partial charge is 0.345 e. The Kier molecular flexibility index (Phi) is 7.04. The second-order valence-electron chi connectivity index (χ2n) is 7.63. The van der Waals surface area contributed by atoms with Crippen LogP contribution in [0.3, 0.4) is 0 Å². The molecule has 0 spiro atoms. The van der Waals surface area contributed by atoms with E-state index >= 15 is 0 Å². The number of carbonyl (C=O) groups is 1. The van der Waals surface area contributed by atoms with Gasteiger partial charge in [0.15, 0.2) is 0 Å². The standard InChI is InChI=1S/C21H24BrClN2O3S/c1-13(2)9-10-24-29(27,28)20-12-15(3-7-18(20)23)21(26)25-19-8-4-14-11-16(22)5-6-17(14)19/h3,5-7,11-13,19,24H,4,8-10H2,1-2H3,(H,25,26). The highest BCUT2D eigenvalue weighted by Crippen LogP contribution is 2.33. The number of benzene rings is 2. The molecule has 1 atom stereocenters. The van der Waals surface area contributed by atoms with Gasteiger partial charge in [-0.1, -0.05) is 47.4 Å². The molecule has 2 N–H and O–H groups in total. The van der Waals surface area contributed by atoms with Crippen LogP contribution in [0.4, 0.5) is 0 Å². The monoisotopic (exact) mass is 498 g/mol. The number of hydrogen-bond acceptors (Lipinski definition) is 3. The summed E-state index contributed by atoms with van der Waals surface area (Å²) in [7, 11) is -3.79. The van der Waals surface area contributed by atoms with E-state index in [-0.39, 0.29) is 27.4 Å². The summed E-state index contributed by atoms with van der Waals surface area (Å²) < 4.78 is 28.8. The number of nitrogens with one attached hydrogen (secondary N) is 2. The Hall–Kier alpha value is -1.41. The summed E-state index contributed by atoms with van der Waals surface area (Å²) in [6, 6.07) is 10.3. The second kappa shape index (κ2) is 9.16. The molecule has 1 amide bonds. The molecule has 0 aliphatic heterocycles. The maximum atomic E-state index is 12.8. The lowest BCUT2D eigenvalue weighted by Gasteiger charge is -2.15. The molecule has 1 unspecified atom stereocenters. The Morgan fingerprint density at radius 3 is 2.72 bits per heavy atom. The van der Waals surface area contributed by atoms with Gasteiger partial charge in [-0.05, 0) is 66.6 Å². The van der Waals surface area contributed by atoms with Crippen LogP contribution in [-0.2, 0) is 16.4 Å². The number of carbonyl (C=O) groups excluding carboxylic acids is 1. The summed E-state index contributed by atoms with van der Waals surface area (Å²) in [5.74, 6) is 0.0567. The summed E-state index contributed by atoms with van der Waals surface area (Å²) in [6.45, 7) is 4.36. The first-order chi connectivity index (χ1) is 13.7. The molecule has 1 aliphatic carbocycles. The van der Waals surface area contributed by atoms with Gasteiger partial charge in [0.1, 0.15) is 4.90 Å². The first-order valence-electron chi connectivity index (χ1n) is 9.56. The number of sulfonamides is 1. The van der Waals surface area contributed by atoms with E-state index < -0.39 is 10.0 Å². The zero-order valence-corrected chi connectivity index (χ0v) is 19.5. The van der Waals surface area contributed by atoms with Crippen molar-refractivity contribution in [3.05, 3.63) is 62.6 Å². The normalized spacial score (nSPS) is 16.1. The molecular formula is C21H24BrClN2O3S. The van der Waals surface area contributed by atoms with Crippen LogP contribution in [0.15, 0.2) is 45.8 Å². The molecule has 0 fully saturated rings. The molecular weight excluding hydrogens is 476 g/mol. The third kappa shape index (κ3) is 5.40. The number of hydrogen-bond donors (Lipinski definition) is 2. The van der Waals surface area contributed by atoms with E-state index in [1.807, 2.05) is 26.0 Å². The highest BCUT2D eigenvalue weighted by molar-refractivity contribution is 9.10. The van der Waals surface area contributed by atoms with Crippen molar-refractivity contribution in [1.29, 1.82) is 0 Å². The van der Waals surface area contributed by atoms with Crippen LogP contribution in [0.1, 0.15) is 54.2 Å². The van der Waals surface area contributed by atoms with E-state index in [0.717, 1.165) is 22.9 Å². The van der Waals surface area contributed by atoms with Gasteiger partial charge in [-0.2, -0.15) is 0 Å². The van der Waals surface area contributed by atoms with Gasteiger partial charge in [0.25, 0.3) is 5.91 Å². The van der Waals surface area contributed by atoms with Gasteiger partial charge in [0.2, 0.25) is 10.0 Å². The van der Waals surface area contributed by atoms with Gasteiger partial charge in [-0.3, -0.25) is 4.79 Å². The zero-order chi connectivity index (χ0) is 21.2. The second-order valence-corrected chi connectivity index (χ2v) is 10.7. The fourth-order valence-corrected chi connectivity index (χ4v) is 5.37. The highest BCUT2D eigenvalue weighted by Gasteiger charge is 2.26. The molecule has 29 heavy (non-hydrogen) atoms. The molecule has 0 bridgehead atoms. The van der Waals surface area contributed by atoms with Crippen molar-refractivity contribution in [1.82, 2.24) is 10.0 Å². The third-order valence-corrected chi connectivity index (χ3v) is 7.42. The average Bonchev–Trinajstić information content (AvgIpc) is 3.03. The van der Waals surface area contributed by atoms with Crippen LogP contribution in [0, 0.1) is 5.92 Å². The minimum atomic E-state index is -3.79. The quantitative estimate of drug-likeness (QED) is 0.572. The number of rotatable bonds is 7. The van der Waals surface area contributed by atoms with Crippen molar-refractivity contribution in [2.24, 2.45) is 5.92 Å². The molecule has 3 rings (SSSR count). The van der Waals surface area contributed by atoms with Crippen LogP contribution in [0.5, 0.6) is 0 Å². The number of halogens is 2. The molecule has 8 heteroatoms. The Morgan fingerprint density at radius 1 is 1.24 bits per heavy atom. The Balaban J connectivity index is 1.77. The van der Waals surface area contributed by atoms with Gasteiger partial charge in [-0.15, -0.1) is 0 Å². The van der Waals surface area contributed by atoms with Gasteiger partial charge in [-0.25, -0.2) is 13.1 Å². The van der Waals surface area contributed by atoms with Crippen LogP contribution in [0.25, 0.3) is 0 Å². The molecule has 1 aliphatic rings. The number of aryl methyl sites for hydroxylation is 1. The minimum absolute atomic E-state index is 0.0775. The molecule has 156 valence electrons. The lowest BCUT2D eigenvalue weighted by atomic mass is 10.1.